The van der Waals surface area contributed by atoms with Crippen LogP contribution in [0.5, 0.6) is 0 Å². The minimum absolute atomic E-state index is 0.145. The number of aliphatic hydroxyl groups is 1. The molecule has 7 nitrogen and oxygen atoms in total. The van der Waals surface area contributed by atoms with Gasteiger partial charge in [-0.05, 0) is 20.3 Å². The first-order valence-electron chi connectivity index (χ1n) is 7.05. The number of aryl methyl sites for hydroxylation is 2. The molecule has 0 saturated carbocycles. The molecule has 2 heterocycles. The molecule has 0 bridgehead atoms. The van der Waals surface area contributed by atoms with Gasteiger partial charge in [-0.15, -0.1) is 0 Å². The summed E-state index contributed by atoms with van der Waals surface area (Å²) in [5.41, 5.74) is 2.25. The Hall–Kier alpha value is -1.57. The molecule has 0 aromatic carbocycles. The Labute approximate surface area is 123 Å². The number of hydrogen-bond donors (Lipinski definition) is 1. The lowest BCUT2D eigenvalue weighted by molar-refractivity contribution is -0.111. The van der Waals surface area contributed by atoms with Gasteiger partial charge in [-0.2, -0.15) is 0 Å². The minimum Gasteiger partial charge on any atom is -0.393 e. The lowest BCUT2D eigenvalue weighted by Gasteiger charge is -2.26. The van der Waals surface area contributed by atoms with E-state index >= 15 is 0 Å². The third kappa shape index (κ3) is 3.20. The fraction of sp³-hybridized carbons (Fsp3) is 0.643. The summed E-state index contributed by atoms with van der Waals surface area (Å²) in [6.07, 6.45) is 1.58. The first-order valence-corrected chi connectivity index (χ1v) is 7.05. The van der Waals surface area contributed by atoms with Gasteiger partial charge < -0.3 is 14.6 Å². The molecule has 2 rings (SSSR count). The number of ether oxygens (including phenoxy) is 2. The first kappa shape index (κ1) is 15.8. The Morgan fingerprint density at radius 2 is 2.10 bits per heavy atom. The van der Waals surface area contributed by atoms with Crippen LogP contribution >= 0.6 is 0 Å². The van der Waals surface area contributed by atoms with Crippen molar-refractivity contribution in [2.45, 2.75) is 39.5 Å². The fourth-order valence-electron chi connectivity index (χ4n) is 2.27. The van der Waals surface area contributed by atoms with E-state index in [-0.39, 0.29) is 6.61 Å². The number of nitrogens with zero attached hydrogens (tertiary/aromatic N) is 4. The van der Waals surface area contributed by atoms with Gasteiger partial charge in [0.2, 0.25) is 0 Å². The van der Waals surface area contributed by atoms with E-state index in [2.05, 4.69) is 15.0 Å². The summed E-state index contributed by atoms with van der Waals surface area (Å²) >= 11 is 0. The number of imidazole rings is 1. The average Bonchev–Trinajstić information content (AvgIpc) is 2.87. The van der Waals surface area contributed by atoms with Crippen LogP contribution in [0.1, 0.15) is 31.1 Å². The zero-order valence-electron chi connectivity index (χ0n) is 12.9. The maximum absolute atomic E-state index is 9.50. The molecule has 0 aliphatic carbocycles. The van der Waals surface area contributed by atoms with Crippen LogP contribution in [0.2, 0.25) is 0 Å². The molecule has 2 atom stereocenters. The maximum atomic E-state index is 9.50. The van der Waals surface area contributed by atoms with Gasteiger partial charge in [-0.25, -0.2) is 15.0 Å². The van der Waals surface area contributed by atoms with Crippen molar-refractivity contribution in [3.05, 3.63) is 17.8 Å². The monoisotopic (exact) mass is 294 g/mol. The topological polar surface area (TPSA) is 82.3 Å². The van der Waals surface area contributed by atoms with Gasteiger partial charge in [0.15, 0.2) is 11.9 Å². The summed E-state index contributed by atoms with van der Waals surface area (Å²) in [4.78, 5) is 13.1. The first-order chi connectivity index (χ1) is 10.1. The predicted molar refractivity (Wildman–Crippen MR) is 78.0 cm³/mol. The second-order valence-electron chi connectivity index (χ2n) is 4.90. The summed E-state index contributed by atoms with van der Waals surface area (Å²) in [5.74, 6) is 0.675. The summed E-state index contributed by atoms with van der Waals surface area (Å²) in [6, 6.07) is 0. The van der Waals surface area contributed by atoms with E-state index < -0.39 is 12.3 Å². The van der Waals surface area contributed by atoms with Crippen LogP contribution in [0.15, 0.2) is 6.33 Å². The molecule has 0 saturated heterocycles. The molecule has 21 heavy (non-hydrogen) atoms. The third-order valence-corrected chi connectivity index (χ3v) is 3.28. The summed E-state index contributed by atoms with van der Waals surface area (Å²) in [6.45, 7) is 6.18. The van der Waals surface area contributed by atoms with Crippen LogP contribution in [0, 0.1) is 13.8 Å². The normalized spacial score (nSPS) is 14.5. The van der Waals surface area contributed by atoms with Gasteiger partial charge in [0.25, 0.3) is 0 Å². The van der Waals surface area contributed by atoms with Crippen LogP contribution in [-0.4, -0.2) is 51.1 Å². The number of aromatic nitrogens is 4. The lowest BCUT2D eigenvalue weighted by Crippen LogP contribution is -2.31. The molecule has 0 fully saturated rings. The molecule has 7 heteroatoms. The predicted octanol–water partition coefficient (Wildman–Crippen LogP) is 1.38. The van der Waals surface area contributed by atoms with Crippen molar-refractivity contribution in [3.63, 3.8) is 0 Å². The quantitative estimate of drug-likeness (QED) is 0.830. The number of aliphatic hydroxyl groups excluding tert-OH is 1. The SMILES string of the molecule is CCCO[C@H]([C@@H](CO)OC)n1cnc2c(C)nc(C)nc21. The van der Waals surface area contributed by atoms with E-state index in [1.54, 1.807) is 18.0 Å². The molecule has 116 valence electrons. The molecule has 1 N–H and O–H groups in total. The largest absolute Gasteiger partial charge is 0.393 e. The number of hydrogen-bond acceptors (Lipinski definition) is 6. The van der Waals surface area contributed by atoms with E-state index in [1.807, 2.05) is 20.8 Å². The van der Waals surface area contributed by atoms with E-state index in [4.69, 9.17) is 9.47 Å². The Bertz CT molecular complexity index is 595. The molecule has 0 aliphatic rings. The molecule has 0 amide bonds. The molecule has 2 aromatic heterocycles. The highest BCUT2D eigenvalue weighted by Crippen LogP contribution is 2.23. The second kappa shape index (κ2) is 6.93. The number of fused-ring (bicyclic) bond motifs is 1. The van der Waals surface area contributed by atoms with Crippen molar-refractivity contribution < 1.29 is 14.6 Å². The second-order valence-corrected chi connectivity index (χ2v) is 4.90. The van der Waals surface area contributed by atoms with Crippen molar-refractivity contribution in [3.8, 4) is 0 Å². The third-order valence-electron chi connectivity index (χ3n) is 3.28. The van der Waals surface area contributed by atoms with E-state index in [0.717, 1.165) is 17.6 Å². The van der Waals surface area contributed by atoms with E-state index in [0.29, 0.717) is 18.1 Å². The highest BCUT2D eigenvalue weighted by Gasteiger charge is 2.25. The molecule has 0 unspecified atom stereocenters. The summed E-state index contributed by atoms with van der Waals surface area (Å²) < 4.78 is 13.0. The van der Waals surface area contributed by atoms with E-state index in [9.17, 15) is 5.11 Å². The molecule has 2 aromatic rings. The molecule has 0 radical (unpaired) electrons. The highest BCUT2D eigenvalue weighted by molar-refractivity contribution is 5.73. The zero-order valence-corrected chi connectivity index (χ0v) is 12.9. The Balaban J connectivity index is 2.48. The van der Waals surface area contributed by atoms with Crippen LogP contribution in [0.4, 0.5) is 0 Å². The van der Waals surface area contributed by atoms with Crippen molar-refractivity contribution in [1.29, 1.82) is 0 Å². The Kier molecular flexibility index (Phi) is 5.22. The zero-order chi connectivity index (χ0) is 15.4. The maximum Gasteiger partial charge on any atom is 0.166 e. The average molecular weight is 294 g/mol. The van der Waals surface area contributed by atoms with Gasteiger partial charge in [0.1, 0.15) is 17.4 Å². The van der Waals surface area contributed by atoms with Crippen LogP contribution in [0.3, 0.4) is 0 Å². The van der Waals surface area contributed by atoms with Crippen molar-refractivity contribution in [2.75, 3.05) is 20.3 Å². The summed E-state index contributed by atoms with van der Waals surface area (Å²) in [7, 11) is 1.55. The van der Waals surface area contributed by atoms with E-state index in [1.165, 1.54) is 0 Å². The van der Waals surface area contributed by atoms with Crippen LogP contribution in [0.25, 0.3) is 11.2 Å². The number of methoxy groups -OCH3 is 1. The van der Waals surface area contributed by atoms with Crippen LogP contribution in [-0.2, 0) is 9.47 Å². The lowest BCUT2D eigenvalue weighted by atomic mass is 10.3. The van der Waals surface area contributed by atoms with Gasteiger partial charge in [-0.1, -0.05) is 6.92 Å². The van der Waals surface area contributed by atoms with Crippen molar-refractivity contribution in [2.24, 2.45) is 0 Å². The molecule has 0 spiro atoms. The number of rotatable bonds is 7. The van der Waals surface area contributed by atoms with Crippen LogP contribution < -0.4 is 0 Å². The van der Waals surface area contributed by atoms with Gasteiger partial charge in [0.05, 0.1) is 18.6 Å². The van der Waals surface area contributed by atoms with Crippen molar-refractivity contribution >= 4 is 11.2 Å². The molecule has 0 aliphatic heterocycles. The molecular formula is C14H22N4O3. The summed E-state index contributed by atoms with van der Waals surface area (Å²) in [5, 5.41) is 9.50. The Morgan fingerprint density at radius 3 is 2.71 bits per heavy atom. The van der Waals surface area contributed by atoms with Gasteiger partial charge in [0, 0.05) is 13.7 Å². The standard InChI is InChI=1S/C14H22N4O3/c1-5-6-21-14(11(7-19)20-4)18-8-15-12-9(2)16-10(3)17-13(12)18/h8,11,14,19H,5-7H2,1-4H3/t11-,14-/m1/s1. The Morgan fingerprint density at radius 1 is 1.33 bits per heavy atom. The van der Waals surface area contributed by atoms with Crippen molar-refractivity contribution in [1.82, 2.24) is 19.5 Å². The molecular weight excluding hydrogens is 272 g/mol. The minimum atomic E-state index is -0.482. The smallest absolute Gasteiger partial charge is 0.166 e. The van der Waals surface area contributed by atoms with Gasteiger partial charge in [-0.3, -0.25) is 4.57 Å². The fourth-order valence-corrected chi connectivity index (χ4v) is 2.27. The highest BCUT2D eigenvalue weighted by atomic mass is 16.5. The van der Waals surface area contributed by atoms with Gasteiger partial charge >= 0.3 is 0 Å².